The van der Waals surface area contributed by atoms with Gasteiger partial charge in [-0.25, -0.2) is 12.7 Å². The summed E-state index contributed by atoms with van der Waals surface area (Å²) in [7, 11) is -0.620. The van der Waals surface area contributed by atoms with E-state index in [0.717, 1.165) is 15.4 Å². The molecule has 1 aliphatic heterocycles. The van der Waals surface area contributed by atoms with Crippen molar-refractivity contribution in [1.29, 1.82) is 0 Å². The van der Waals surface area contributed by atoms with Gasteiger partial charge in [0.2, 0.25) is 10.0 Å². The summed E-state index contributed by atoms with van der Waals surface area (Å²) in [6.45, 7) is 0.774. The Morgan fingerprint density at radius 3 is 2.68 bits per heavy atom. The van der Waals surface area contributed by atoms with Gasteiger partial charge in [-0.05, 0) is 42.3 Å². The highest BCUT2D eigenvalue weighted by Crippen LogP contribution is 2.33. The molecule has 2 heterocycles. The summed E-state index contributed by atoms with van der Waals surface area (Å²) in [6, 6.07) is 15.8. The molecule has 0 aliphatic carbocycles. The van der Waals surface area contributed by atoms with Crippen molar-refractivity contribution in [2.75, 3.05) is 25.5 Å². The van der Waals surface area contributed by atoms with Crippen molar-refractivity contribution >= 4 is 21.6 Å². The molecule has 0 N–H and O–H groups in total. The topological polar surface area (TPSA) is 79.8 Å². The molecule has 3 aromatic rings. The third-order valence-electron chi connectivity index (χ3n) is 5.21. The molecule has 1 aliphatic rings. The van der Waals surface area contributed by atoms with Crippen molar-refractivity contribution in [3.8, 4) is 5.75 Å². The Kier molecular flexibility index (Phi) is 5.75. The van der Waals surface area contributed by atoms with E-state index < -0.39 is 10.0 Å². The maximum atomic E-state index is 13.4. The number of aromatic nitrogens is 1. The van der Waals surface area contributed by atoms with Gasteiger partial charge in [0, 0.05) is 44.3 Å². The van der Waals surface area contributed by atoms with E-state index in [0.29, 0.717) is 36.6 Å². The average Bonchev–Trinajstić information content (AvgIpc) is 3.21. The number of hydrogen-bond donors (Lipinski definition) is 0. The van der Waals surface area contributed by atoms with Crippen molar-refractivity contribution in [1.82, 2.24) is 9.29 Å². The second-order valence-corrected chi connectivity index (χ2v) is 9.58. The van der Waals surface area contributed by atoms with Gasteiger partial charge in [-0.1, -0.05) is 24.3 Å². The lowest BCUT2D eigenvalue weighted by molar-refractivity contribution is 0.0985. The fourth-order valence-electron chi connectivity index (χ4n) is 3.50. The van der Waals surface area contributed by atoms with E-state index in [-0.39, 0.29) is 10.8 Å². The number of amides is 1. The molecule has 0 spiro atoms. The number of ether oxygens (including phenoxy) is 1. The molecule has 31 heavy (non-hydrogen) atoms. The monoisotopic (exact) mass is 437 g/mol. The number of hydrogen-bond acceptors (Lipinski definition) is 5. The first kappa shape index (κ1) is 21.0. The lowest BCUT2D eigenvalue weighted by Crippen LogP contribution is -2.29. The molecule has 7 nitrogen and oxygen atoms in total. The Morgan fingerprint density at radius 2 is 1.94 bits per heavy atom. The normalized spacial score (nSPS) is 13.3. The summed E-state index contributed by atoms with van der Waals surface area (Å²) in [5, 5.41) is 0. The van der Waals surface area contributed by atoms with Gasteiger partial charge in [-0.3, -0.25) is 9.78 Å². The van der Waals surface area contributed by atoms with Gasteiger partial charge in [-0.15, -0.1) is 0 Å². The molecule has 160 valence electrons. The Bertz CT molecular complexity index is 1210. The van der Waals surface area contributed by atoms with Crippen LogP contribution in [0.5, 0.6) is 5.75 Å². The summed E-state index contributed by atoms with van der Waals surface area (Å²) in [6.07, 6.45) is 4.08. The molecule has 0 saturated heterocycles. The van der Waals surface area contributed by atoms with Crippen LogP contribution in [-0.4, -0.2) is 44.3 Å². The van der Waals surface area contributed by atoms with Gasteiger partial charge < -0.3 is 9.64 Å². The number of carbonyl (C=O) groups excluding carboxylic acids is 1. The number of pyridine rings is 1. The van der Waals surface area contributed by atoms with Crippen molar-refractivity contribution < 1.29 is 17.9 Å². The van der Waals surface area contributed by atoms with Crippen LogP contribution in [0.4, 0.5) is 5.69 Å². The van der Waals surface area contributed by atoms with Crippen LogP contribution in [0.3, 0.4) is 0 Å². The van der Waals surface area contributed by atoms with Crippen LogP contribution in [0.1, 0.15) is 21.5 Å². The van der Waals surface area contributed by atoms with Gasteiger partial charge in [0.15, 0.2) is 0 Å². The van der Waals surface area contributed by atoms with Gasteiger partial charge in [0.1, 0.15) is 12.4 Å². The number of rotatable bonds is 6. The van der Waals surface area contributed by atoms with E-state index in [1.54, 1.807) is 53.7 Å². The van der Waals surface area contributed by atoms with E-state index >= 15 is 0 Å². The number of sulfonamides is 1. The number of carbonyl (C=O) groups is 1. The van der Waals surface area contributed by atoms with Crippen LogP contribution in [-0.2, 0) is 23.1 Å². The van der Waals surface area contributed by atoms with Crippen LogP contribution >= 0.6 is 0 Å². The molecule has 1 aromatic heterocycles. The maximum absolute atomic E-state index is 13.4. The first-order valence-corrected chi connectivity index (χ1v) is 11.3. The van der Waals surface area contributed by atoms with Gasteiger partial charge >= 0.3 is 0 Å². The van der Waals surface area contributed by atoms with Crippen molar-refractivity contribution in [2.24, 2.45) is 0 Å². The fourth-order valence-corrected chi connectivity index (χ4v) is 4.42. The fraction of sp³-hybridized carbons (Fsp3) is 0.217. The highest BCUT2D eigenvalue weighted by atomic mass is 32.2. The number of benzene rings is 2. The van der Waals surface area contributed by atoms with E-state index in [1.165, 1.54) is 14.1 Å². The van der Waals surface area contributed by atoms with Crippen molar-refractivity contribution in [3.63, 3.8) is 0 Å². The summed E-state index contributed by atoms with van der Waals surface area (Å²) in [4.78, 5) is 19.3. The number of nitrogens with zero attached hydrogens (tertiary/aromatic N) is 3. The van der Waals surface area contributed by atoms with Crippen LogP contribution in [0.25, 0.3) is 0 Å². The molecule has 0 radical (unpaired) electrons. The summed E-state index contributed by atoms with van der Waals surface area (Å²) < 4.78 is 32.2. The minimum Gasteiger partial charge on any atom is -0.488 e. The first-order valence-electron chi connectivity index (χ1n) is 9.86. The van der Waals surface area contributed by atoms with Gasteiger partial charge in [0.05, 0.1) is 10.5 Å². The maximum Gasteiger partial charge on any atom is 0.262 e. The van der Waals surface area contributed by atoms with Gasteiger partial charge in [0.25, 0.3) is 5.91 Å². The zero-order chi connectivity index (χ0) is 22.0. The molecule has 2 aromatic carbocycles. The Labute approximate surface area is 182 Å². The Hall–Kier alpha value is -3.23. The predicted octanol–water partition coefficient (Wildman–Crippen LogP) is 3.11. The SMILES string of the molecule is CN(C)S(=O)(=O)c1ccc2c(c1)N(C(=O)c1ccccc1OCc1cccnc1)CC2. The minimum absolute atomic E-state index is 0.164. The molecular weight excluding hydrogens is 414 g/mol. The van der Waals surface area contributed by atoms with E-state index in [2.05, 4.69) is 4.98 Å². The predicted molar refractivity (Wildman–Crippen MR) is 118 cm³/mol. The second-order valence-electron chi connectivity index (χ2n) is 7.43. The number of anilines is 1. The molecule has 0 fully saturated rings. The van der Waals surface area contributed by atoms with Crippen LogP contribution < -0.4 is 9.64 Å². The smallest absolute Gasteiger partial charge is 0.262 e. The third-order valence-corrected chi connectivity index (χ3v) is 7.02. The van der Waals surface area contributed by atoms with E-state index in [9.17, 15) is 13.2 Å². The summed E-state index contributed by atoms with van der Waals surface area (Å²) in [5.41, 5.74) is 2.89. The number of fused-ring (bicyclic) bond motifs is 1. The zero-order valence-electron chi connectivity index (χ0n) is 17.4. The molecule has 0 bridgehead atoms. The second kappa shape index (κ2) is 8.49. The number of para-hydroxylation sites is 1. The Balaban J connectivity index is 1.63. The molecular formula is C23H23N3O4S. The van der Waals surface area contributed by atoms with Gasteiger partial charge in [-0.2, -0.15) is 0 Å². The van der Waals surface area contributed by atoms with Crippen molar-refractivity contribution in [3.05, 3.63) is 83.7 Å². The van der Waals surface area contributed by atoms with Crippen molar-refractivity contribution in [2.45, 2.75) is 17.9 Å². The van der Waals surface area contributed by atoms with E-state index in [4.69, 9.17) is 4.74 Å². The lowest BCUT2D eigenvalue weighted by atomic mass is 10.1. The average molecular weight is 438 g/mol. The Morgan fingerprint density at radius 1 is 1.13 bits per heavy atom. The first-order chi connectivity index (χ1) is 14.9. The molecule has 1 amide bonds. The van der Waals surface area contributed by atoms with Crippen LogP contribution in [0, 0.1) is 0 Å². The molecule has 0 atom stereocenters. The summed E-state index contributed by atoms with van der Waals surface area (Å²) in [5.74, 6) is 0.252. The quantitative estimate of drug-likeness (QED) is 0.592. The largest absolute Gasteiger partial charge is 0.488 e. The van der Waals surface area contributed by atoms with Crippen LogP contribution in [0.2, 0.25) is 0 Å². The molecule has 0 saturated carbocycles. The molecule has 8 heteroatoms. The lowest BCUT2D eigenvalue weighted by Gasteiger charge is -2.20. The highest BCUT2D eigenvalue weighted by Gasteiger charge is 2.29. The molecule has 0 unspecified atom stereocenters. The molecule has 4 rings (SSSR count). The third kappa shape index (κ3) is 4.17. The van der Waals surface area contributed by atoms with Crippen LogP contribution in [0.15, 0.2) is 71.9 Å². The zero-order valence-corrected chi connectivity index (χ0v) is 18.2. The van der Waals surface area contributed by atoms with E-state index in [1.807, 2.05) is 18.2 Å². The minimum atomic E-state index is -3.59. The standard InChI is InChI=1S/C23H23N3O4S/c1-25(2)31(28,29)19-10-9-18-11-13-26(21(18)14-19)23(27)20-7-3-4-8-22(20)30-16-17-6-5-12-24-15-17/h3-10,12,14-15H,11,13,16H2,1-2H3. The highest BCUT2D eigenvalue weighted by molar-refractivity contribution is 7.89. The summed E-state index contributed by atoms with van der Waals surface area (Å²) >= 11 is 0.